The van der Waals surface area contributed by atoms with E-state index in [0.717, 1.165) is 16.3 Å². The maximum absolute atomic E-state index is 12.2. The number of nitrogens with one attached hydrogen (secondary N) is 1. The van der Waals surface area contributed by atoms with Gasteiger partial charge in [-0.15, -0.1) is 11.3 Å². The van der Waals surface area contributed by atoms with E-state index in [2.05, 4.69) is 10.3 Å². The number of hydrogen-bond donors (Lipinski definition) is 2. The van der Waals surface area contributed by atoms with E-state index in [1.54, 1.807) is 12.5 Å². The fourth-order valence-corrected chi connectivity index (χ4v) is 2.71. The molecular formula is C15H19N3O2S. The van der Waals surface area contributed by atoms with Crippen molar-refractivity contribution in [1.82, 2.24) is 10.3 Å². The molecule has 0 aliphatic carbocycles. The maximum atomic E-state index is 12.2. The van der Waals surface area contributed by atoms with Crippen LogP contribution in [0, 0.1) is 0 Å². The van der Waals surface area contributed by atoms with Crippen molar-refractivity contribution in [3.8, 4) is 5.75 Å². The fraction of sp³-hybridized carbons (Fsp3) is 0.333. The summed E-state index contributed by atoms with van der Waals surface area (Å²) in [6.45, 7) is 2.47. The Bertz CT molecular complexity index is 612. The SMILES string of the molecule is COc1cccc([C@@H](C)NC(=O)c2csc(CCN)n2)c1. The minimum Gasteiger partial charge on any atom is -0.497 e. The van der Waals surface area contributed by atoms with E-state index in [-0.39, 0.29) is 11.9 Å². The van der Waals surface area contributed by atoms with Gasteiger partial charge in [0.1, 0.15) is 11.4 Å². The summed E-state index contributed by atoms with van der Waals surface area (Å²) < 4.78 is 5.19. The Morgan fingerprint density at radius 2 is 2.33 bits per heavy atom. The third-order valence-electron chi connectivity index (χ3n) is 3.08. The lowest BCUT2D eigenvalue weighted by atomic mass is 10.1. The van der Waals surface area contributed by atoms with Crippen molar-refractivity contribution in [3.05, 3.63) is 45.9 Å². The van der Waals surface area contributed by atoms with Crippen molar-refractivity contribution in [1.29, 1.82) is 0 Å². The Labute approximate surface area is 128 Å². The molecule has 0 unspecified atom stereocenters. The van der Waals surface area contributed by atoms with Crippen LogP contribution >= 0.6 is 11.3 Å². The summed E-state index contributed by atoms with van der Waals surface area (Å²) in [5, 5.41) is 5.59. The van der Waals surface area contributed by atoms with Crippen LogP contribution in [-0.4, -0.2) is 24.5 Å². The van der Waals surface area contributed by atoms with Crippen LogP contribution < -0.4 is 15.8 Å². The molecule has 0 saturated heterocycles. The molecule has 0 radical (unpaired) electrons. The normalized spacial score (nSPS) is 12.0. The molecular weight excluding hydrogens is 286 g/mol. The van der Waals surface area contributed by atoms with Crippen molar-refractivity contribution >= 4 is 17.2 Å². The second kappa shape index (κ2) is 7.19. The van der Waals surface area contributed by atoms with E-state index >= 15 is 0 Å². The zero-order valence-corrected chi connectivity index (χ0v) is 12.9. The first-order valence-electron chi connectivity index (χ1n) is 6.73. The van der Waals surface area contributed by atoms with Gasteiger partial charge in [-0.25, -0.2) is 4.98 Å². The molecule has 112 valence electrons. The average molecular weight is 305 g/mol. The lowest BCUT2D eigenvalue weighted by Crippen LogP contribution is -2.27. The Morgan fingerprint density at radius 1 is 1.52 bits per heavy atom. The Morgan fingerprint density at radius 3 is 3.05 bits per heavy atom. The van der Waals surface area contributed by atoms with Crippen molar-refractivity contribution in [2.45, 2.75) is 19.4 Å². The van der Waals surface area contributed by atoms with Crippen LogP contribution in [0.4, 0.5) is 0 Å². The van der Waals surface area contributed by atoms with E-state index < -0.39 is 0 Å². The van der Waals surface area contributed by atoms with E-state index in [1.807, 2.05) is 31.2 Å². The number of benzene rings is 1. The van der Waals surface area contributed by atoms with Gasteiger partial charge in [-0.1, -0.05) is 12.1 Å². The number of nitrogens with zero attached hydrogens (tertiary/aromatic N) is 1. The largest absolute Gasteiger partial charge is 0.497 e. The summed E-state index contributed by atoms with van der Waals surface area (Å²) in [4.78, 5) is 16.5. The van der Waals surface area contributed by atoms with Gasteiger partial charge in [0.15, 0.2) is 0 Å². The first kappa shape index (κ1) is 15.5. The molecule has 1 aromatic carbocycles. The molecule has 0 aliphatic rings. The van der Waals surface area contributed by atoms with E-state index in [9.17, 15) is 4.79 Å². The minimum atomic E-state index is -0.176. The van der Waals surface area contributed by atoms with Crippen LogP contribution in [0.15, 0.2) is 29.6 Å². The predicted octanol–water partition coefficient (Wildman–Crippen LogP) is 2.14. The molecule has 1 heterocycles. The van der Waals surface area contributed by atoms with Crippen LogP contribution in [0.5, 0.6) is 5.75 Å². The fourth-order valence-electron chi connectivity index (χ4n) is 1.92. The highest BCUT2D eigenvalue weighted by molar-refractivity contribution is 7.09. The van der Waals surface area contributed by atoms with E-state index in [1.165, 1.54) is 11.3 Å². The highest BCUT2D eigenvalue weighted by Crippen LogP contribution is 2.19. The number of thiazole rings is 1. The number of carbonyl (C=O) groups is 1. The Kier molecular flexibility index (Phi) is 5.30. The van der Waals surface area contributed by atoms with Gasteiger partial charge < -0.3 is 15.8 Å². The summed E-state index contributed by atoms with van der Waals surface area (Å²) in [6.07, 6.45) is 0.698. The lowest BCUT2D eigenvalue weighted by Gasteiger charge is -2.14. The Hall–Kier alpha value is -1.92. The summed E-state index contributed by atoms with van der Waals surface area (Å²) >= 11 is 1.46. The van der Waals surface area contributed by atoms with Crippen LogP contribution in [0.3, 0.4) is 0 Å². The standard InChI is InChI=1S/C15H19N3O2S/c1-10(11-4-3-5-12(8-11)20-2)17-15(19)13-9-21-14(18-13)6-7-16/h3-5,8-10H,6-7,16H2,1-2H3,(H,17,19)/t10-/m1/s1. The topological polar surface area (TPSA) is 77.2 Å². The summed E-state index contributed by atoms with van der Waals surface area (Å²) in [5.41, 5.74) is 6.91. The molecule has 0 aliphatic heterocycles. The molecule has 21 heavy (non-hydrogen) atoms. The van der Waals surface area contributed by atoms with Crippen molar-refractivity contribution in [2.24, 2.45) is 5.73 Å². The van der Waals surface area contributed by atoms with Gasteiger partial charge >= 0.3 is 0 Å². The number of methoxy groups -OCH3 is 1. The molecule has 2 rings (SSSR count). The smallest absolute Gasteiger partial charge is 0.271 e. The Balaban J connectivity index is 2.03. The molecule has 2 aromatic rings. The maximum Gasteiger partial charge on any atom is 0.271 e. The third kappa shape index (κ3) is 4.03. The highest BCUT2D eigenvalue weighted by atomic mass is 32.1. The molecule has 5 nitrogen and oxygen atoms in total. The van der Waals surface area contributed by atoms with Crippen LogP contribution in [0.1, 0.15) is 34.0 Å². The zero-order valence-electron chi connectivity index (χ0n) is 12.1. The van der Waals surface area contributed by atoms with Crippen LogP contribution in [0.2, 0.25) is 0 Å². The molecule has 0 fully saturated rings. The van der Waals surface area contributed by atoms with E-state index in [0.29, 0.717) is 18.7 Å². The van der Waals surface area contributed by atoms with Crippen molar-refractivity contribution < 1.29 is 9.53 Å². The second-order valence-electron chi connectivity index (χ2n) is 4.64. The van der Waals surface area contributed by atoms with Gasteiger partial charge in [0, 0.05) is 11.8 Å². The molecule has 0 saturated carbocycles. The predicted molar refractivity (Wildman–Crippen MR) is 83.7 cm³/mol. The average Bonchev–Trinajstić information content (AvgIpc) is 2.96. The molecule has 3 N–H and O–H groups in total. The minimum absolute atomic E-state index is 0.118. The number of hydrogen-bond acceptors (Lipinski definition) is 5. The van der Waals surface area contributed by atoms with Gasteiger partial charge in [0.2, 0.25) is 0 Å². The van der Waals surface area contributed by atoms with Gasteiger partial charge in [-0.3, -0.25) is 4.79 Å². The lowest BCUT2D eigenvalue weighted by molar-refractivity contribution is 0.0935. The van der Waals surface area contributed by atoms with Crippen LogP contribution in [0.25, 0.3) is 0 Å². The first-order chi connectivity index (χ1) is 10.1. The molecule has 1 aromatic heterocycles. The molecule has 6 heteroatoms. The molecule has 1 atom stereocenters. The summed E-state index contributed by atoms with van der Waals surface area (Å²) in [5.74, 6) is 0.595. The van der Waals surface area contributed by atoms with Gasteiger partial charge in [-0.2, -0.15) is 0 Å². The second-order valence-corrected chi connectivity index (χ2v) is 5.58. The highest BCUT2D eigenvalue weighted by Gasteiger charge is 2.14. The van der Waals surface area contributed by atoms with Crippen LogP contribution in [-0.2, 0) is 6.42 Å². The van der Waals surface area contributed by atoms with Crippen molar-refractivity contribution in [2.75, 3.05) is 13.7 Å². The zero-order chi connectivity index (χ0) is 15.2. The number of ether oxygens (including phenoxy) is 1. The number of rotatable bonds is 6. The monoisotopic (exact) mass is 305 g/mol. The molecule has 0 spiro atoms. The number of nitrogens with two attached hydrogens (primary N) is 1. The van der Waals surface area contributed by atoms with Gasteiger partial charge in [0.25, 0.3) is 5.91 Å². The van der Waals surface area contributed by atoms with Crippen molar-refractivity contribution in [3.63, 3.8) is 0 Å². The van der Waals surface area contributed by atoms with E-state index in [4.69, 9.17) is 10.5 Å². The summed E-state index contributed by atoms with van der Waals surface area (Å²) in [7, 11) is 1.62. The molecule has 0 bridgehead atoms. The number of aromatic nitrogens is 1. The van der Waals surface area contributed by atoms with Gasteiger partial charge in [0.05, 0.1) is 18.2 Å². The third-order valence-corrected chi connectivity index (χ3v) is 3.99. The number of carbonyl (C=O) groups excluding carboxylic acids is 1. The quantitative estimate of drug-likeness (QED) is 0.857. The number of amides is 1. The van der Waals surface area contributed by atoms with Gasteiger partial charge in [-0.05, 0) is 31.2 Å². The summed E-state index contributed by atoms with van der Waals surface area (Å²) in [6, 6.07) is 7.52. The molecule has 1 amide bonds. The first-order valence-corrected chi connectivity index (χ1v) is 7.61.